The van der Waals surface area contributed by atoms with E-state index in [4.69, 9.17) is 5.11 Å². The van der Waals surface area contributed by atoms with Crippen molar-refractivity contribution in [1.82, 2.24) is 0 Å². The molecule has 1 aromatic rings. The van der Waals surface area contributed by atoms with Crippen molar-refractivity contribution in [3.05, 3.63) is 30.3 Å². The van der Waals surface area contributed by atoms with Crippen LogP contribution in [0.4, 0.5) is 5.69 Å². The molecule has 1 heterocycles. The van der Waals surface area contributed by atoms with Crippen LogP contribution in [0.5, 0.6) is 0 Å². The normalized spacial score (nSPS) is 21.4. The quantitative estimate of drug-likeness (QED) is 0.902. The van der Waals surface area contributed by atoms with Gasteiger partial charge in [0.05, 0.1) is 6.42 Å². The number of carboxylic acids is 1. The van der Waals surface area contributed by atoms with Gasteiger partial charge in [0.15, 0.2) is 0 Å². The molecule has 2 rings (SSSR count). The van der Waals surface area contributed by atoms with Crippen LogP contribution < -0.4 is 4.90 Å². The fourth-order valence-corrected chi connectivity index (χ4v) is 4.14. The molecule has 0 radical (unpaired) electrons. The smallest absolute Gasteiger partial charge is 0.305 e. The Morgan fingerprint density at radius 1 is 1.40 bits per heavy atom. The predicted octanol–water partition coefficient (Wildman–Crippen LogP) is 3.50. The number of rotatable bonds is 5. The van der Waals surface area contributed by atoms with Gasteiger partial charge in [0.1, 0.15) is 0 Å². The molecule has 1 aromatic carbocycles. The van der Waals surface area contributed by atoms with Gasteiger partial charge in [-0.05, 0) is 29.7 Å². The second kappa shape index (κ2) is 6.53. The van der Waals surface area contributed by atoms with Crippen molar-refractivity contribution in [2.75, 3.05) is 23.0 Å². The summed E-state index contributed by atoms with van der Waals surface area (Å²) in [6, 6.07) is 10.6. The fourth-order valence-electron chi connectivity index (χ4n) is 2.79. The van der Waals surface area contributed by atoms with Crippen LogP contribution in [-0.2, 0) is 4.79 Å². The van der Waals surface area contributed by atoms with E-state index in [0.717, 1.165) is 17.9 Å². The highest BCUT2D eigenvalue weighted by molar-refractivity contribution is 7.99. The molecule has 0 amide bonds. The molecule has 20 heavy (non-hydrogen) atoms. The minimum Gasteiger partial charge on any atom is -0.481 e. The number of para-hydroxylation sites is 1. The van der Waals surface area contributed by atoms with Gasteiger partial charge in [-0.2, -0.15) is 11.8 Å². The Morgan fingerprint density at radius 3 is 2.70 bits per heavy atom. The van der Waals surface area contributed by atoms with Gasteiger partial charge in [-0.25, -0.2) is 0 Å². The fraction of sp³-hybridized carbons (Fsp3) is 0.562. The van der Waals surface area contributed by atoms with Gasteiger partial charge in [0, 0.05) is 24.0 Å². The van der Waals surface area contributed by atoms with Gasteiger partial charge in [0.25, 0.3) is 0 Å². The van der Waals surface area contributed by atoms with Crippen molar-refractivity contribution in [3.63, 3.8) is 0 Å². The summed E-state index contributed by atoms with van der Waals surface area (Å²) in [5.41, 5.74) is 1.46. The lowest BCUT2D eigenvalue weighted by Gasteiger charge is -2.42. The maximum Gasteiger partial charge on any atom is 0.305 e. The van der Waals surface area contributed by atoms with Crippen molar-refractivity contribution >= 4 is 23.4 Å². The highest BCUT2D eigenvalue weighted by Crippen LogP contribution is 2.37. The number of carboxylic acid groups (broad SMARTS) is 1. The molecule has 1 saturated heterocycles. The number of carbonyl (C=O) groups is 1. The van der Waals surface area contributed by atoms with Crippen LogP contribution in [0.3, 0.4) is 0 Å². The molecular formula is C16H23NO2S. The third-order valence-corrected chi connectivity index (χ3v) is 5.29. The molecule has 1 atom stereocenters. The zero-order chi connectivity index (χ0) is 14.6. The Morgan fingerprint density at radius 2 is 2.10 bits per heavy atom. The van der Waals surface area contributed by atoms with Crippen LogP contribution in [0.1, 0.15) is 26.7 Å². The second-order valence-electron chi connectivity index (χ2n) is 6.21. The first-order chi connectivity index (χ1) is 9.48. The first-order valence-corrected chi connectivity index (χ1v) is 8.25. The van der Waals surface area contributed by atoms with Crippen LogP contribution in [-0.4, -0.2) is 35.2 Å². The zero-order valence-electron chi connectivity index (χ0n) is 12.2. The first-order valence-electron chi connectivity index (χ1n) is 7.09. The lowest BCUT2D eigenvalue weighted by Crippen LogP contribution is -2.44. The first kappa shape index (κ1) is 15.2. The topological polar surface area (TPSA) is 40.5 Å². The summed E-state index contributed by atoms with van der Waals surface area (Å²) in [5, 5.41) is 8.98. The van der Waals surface area contributed by atoms with Gasteiger partial charge in [-0.1, -0.05) is 32.0 Å². The predicted molar refractivity (Wildman–Crippen MR) is 85.6 cm³/mol. The van der Waals surface area contributed by atoms with Crippen LogP contribution in [0.15, 0.2) is 30.3 Å². The van der Waals surface area contributed by atoms with Crippen molar-refractivity contribution in [1.29, 1.82) is 0 Å². The van der Waals surface area contributed by atoms with E-state index in [1.165, 1.54) is 5.75 Å². The Labute approximate surface area is 125 Å². The molecule has 1 unspecified atom stereocenters. The van der Waals surface area contributed by atoms with Gasteiger partial charge >= 0.3 is 5.97 Å². The largest absolute Gasteiger partial charge is 0.481 e. The molecule has 1 aliphatic heterocycles. The Balaban J connectivity index is 2.15. The summed E-state index contributed by atoms with van der Waals surface area (Å²) in [6.07, 6.45) is 1.31. The summed E-state index contributed by atoms with van der Waals surface area (Å²) in [6.45, 7) is 5.18. The monoisotopic (exact) mass is 293 g/mol. The van der Waals surface area contributed by atoms with Crippen molar-refractivity contribution in [2.24, 2.45) is 5.41 Å². The maximum atomic E-state index is 10.9. The van der Waals surface area contributed by atoms with E-state index in [9.17, 15) is 4.79 Å². The Hall–Kier alpha value is -1.16. The summed E-state index contributed by atoms with van der Waals surface area (Å²) < 4.78 is 0. The van der Waals surface area contributed by atoms with E-state index in [0.29, 0.717) is 18.0 Å². The van der Waals surface area contributed by atoms with Gasteiger partial charge in [0.2, 0.25) is 0 Å². The standard InChI is InChI=1S/C16H23NO2S/c1-16(2)10-14(11-20-12-16)17(9-8-15(18)19)13-6-4-3-5-7-13/h3-7,14H,8-12H2,1-2H3,(H,18,19). The van der Waals surface area contributed by atoms with Gasteiger partial charge in [-0.3, -0.25) is 4.79 Å². The molecule has 0 saturated carbocycles. The molecule has 4 heteroatoms. The number of hydrogen-bond acceptors (Lipinski definition) is 3. The van der Waals surface area contributed by atoms with Crippen LogP contribution in [0.2, 0.25) is 0 Å². The molecule has 0 bridgehead atoms. The van der Waals surface area contributed by atoms with E-state index >= 15 is 0 Å². The van der Waals surface area contributed by atoms with Crippen LogP contribution in [0.25, 0.3) is 0 Å². The SMILES string of the molecule is CC1(C)CSCC(N(CCC(=O)O)c2ccccc2)C1. The minimum absolute atomic E-state index is 0.191. The molecule has 3 nitrogen and oxygen atoms in total. The van der Waals surface area contributed by atoms with Crippen molar-refractivity contribution in [2.45, 2.75) is 32.7 Å². The molecule has 0 aromatic heterocycles. The second-order valence-corrected chi connectivity index (χ2v) is 7.24. The molecule has 1 aliphatic rings. The molecule has 0 aliphatic carbocycles. The summed E-state index contributed by atoms with van der Waals surface area (Å²) in [7, 11) is 0. The molecular weight excluding hydrogens is 270 g/mol. The molecule has 1 N–H and O–H groups in total. The lowest BCUT2D eigenvalue weighted by molar-refractivity contribution is -0.136. The van der Waals surface area contributed by atoms with Gasteiger partial charge < -0.3 is 10.0 Å². The van der Waals surface area contributed by atoms with Gasteiger partial charge in [-0.15, -0.1) is 0 Å². The maximum absolute atomic E-state index is 10.9. The van der Waals surface area contributed by atoms with E-state index in [1.54, 1.807) is 0 Å². The van der Waals surface area contributed by atoms with Crippen molar-refractivity contribution in [3.8, 4) is 0 Å². The third kappa shape index (κ3) is 4.17. The van der Waals surface area contributed by atoms with E-state index in [1.807, 2.05) is 30.0 Å². The molecule has 1 fully saturated rings. The summed E-state index contributed by atoms with van der Waals surface area (Å²) >= 11 is 1.98. The highest BCUT2D eigenvalue weighted by Gasteiger charge is 2.32. The summed E-state index contributed by atoms with van der Waals surface area (Å²) in [4.78, 5) is 13.2. The Kier molecular flexibility index (Phi) is 4.97. The number of benzene rings is 1. The number of thioether (sulfide) groups is 1. The number of aliphatic carboxylic acids is 1. The average molecular weight is 293 g/mol. The minimum atomic E-state index is -0.728. The number of hydrogen-bond donors (Lipinski definition) is 1. The summed E-state index contributed by atoms with van der Waals surface area (Å²) in [5.74, 6) is 1.54. The lowest BCUT2D eigenvalue weighted by atomic mass is 9.87. The van der Waals surface area contributed by atoms with Crippen LogP contribution >= 0.6 is 11.8 Å². The van der Waals surface area contributed by atoms with E-state index < -0.39 is 5.97 Å². The molecule has 0 spiro atoms. The van der Waals surface area contributed by atoms with Crippen LogP contribution in [0, 0.1) is 5.41 Å². The average Bonchev–Trinajstić information content (AvgIpc) is 2.39. The number of nitrogens with zero attached hydrogens (tertiary/aromatic N) is 1. The zero-order valence-corrected chi connectivity index (χ0v) is 13.0. The molecule has 110 valence electrons. The highest BCUT2D eigenvalue weighted by atomic mass is 32.2. The third-order valence-electron chi connectivity index (χ3n) is 3.69. The van der Waals surface area contributed by atoms with Crippen molar-refractivity contribution < 1.29 is 9.90 Å². The Bertz CT molecular complexity index is 447. The number of anilines is 1. The van der Waals surface area contributed by atoms with E-state index in [2.05, 4.69) is 30.9 Å². The van der Waals surface area contributed by atoms with E-state index in [-0.39, 0.29) is 6.42 Å².